The normalized spacial score (nSPS) is 35.9. The highest BCUT2D eigenvalue weighted by atomic mass is 16.5. The Morgan fingerprint density at radius 2 is 2.04 bits per heavy atom. The van der Waals surface area contributed by atoms with Gasteiger partial charge in [0.25, 0.3) is 0 Å². The van der Waals surface area contributed by atoms with Crippen LogP contribution in [0.4, 0.5) is 0 Å². The first-order chi connectivity index (χ1) is 12.8. The zero-order valence-corrected chi connectivity index (χ0v) is 16.8. The van der Waals surface area contributed by atoms with E-state index in [9.17, 15) is 9.90 Å². The molecular weight excluding hydrogens is 338 g/mol. The Hall–Kier alpha value is -1.39. The van der Waals surface area contributed by atoms with E-state index in [1.54, 1.807) is 0 Å². The lowest BCUT2D eigenvalue weighted by molar-refractivity contribution is -0.136. The van der Waals surface area contributed by atoms with Crippen LogP contribution < -0.4 is 10.5 Å². The van der Waals surface area contributed by atoms with Crippen molar-refractivity contribution in [2.24, 2.45) is 28.9 Å². The third-order valence-corrected chi connectivity index (χ3v) is 7.86. The molecule has 0 radical (unpaired) electrons. The van der Waals surface area contributed by atoms with Gasteiger partial charge in [-0.15, -0.1) is 0 Å². The minimum Gasteiger partial charge on any atom is -0.425 e. The number of aryl methyl sites for hydroxylation is 1. The molecule has 1 aromatic rings. The predicted molar refractivity (Wildman–Crippen MR) is 106 cm³/mol. The van der Waals surface area contributed by atoms with Gasteiger partial charge in [-0.3, -0.25) is 0 Å². The Labute approximate surface area is 162 Å². The minimum atomic E-state index is -0.588. The van der Waals surface area contributed by atoms with Gasteiger partial charge in [0.1, 0.15) is 11.8 Å². The van der Waals surface area contributed by atoms with E-state index < -0.39 is 6.04 Å². The van der Waals surface area contributed by atoms with Gasteiger partial charge in [-0.25, -0.2) is 4.79 Å². The highest BCUT2D eigenvalue weighted by molar-refractivity contribution is 5.78. The van der Waals surface area contributed by atoms with Gasteiger partial charge in [0.15, 0.2) is 0 Å². The van der Waals surface area contributed by atoms with E-state index in [4.69, 9.17) is 10.5 Å². The Morgan fingerprint density at radius 3 is 2.78 bits per heavy atom. The van der Waals surface area contributed by atoms with Crippen molar-refractivity contribution in [3.8, 4) is 5.75 Å². The van der Waals surface area contributed by atoms with E-state index in [0.717, 1.165) is 32.1 Å². The molecule has 0 saturated heterocycles. The standard InChI is InChI=1S/C23H33NO3/c1-13(2)21(24)22(26)27-15-5-7-16-14(12-15)4-6-18-17(16)10-11-23(3)19(18)8-9-20(23)25/h5,7,12-13,17-21,25H,4,6,8-11,24H2,1-3H3/t17-,18-,19+,20+,21+,23+/m0/s1. The Bertz CT molecular complexity index is 730. The third kappa shape index (κ3) is 3.11. The quantitative estimate of drug-likeness (QED) is 0.626. The summed E-state index contributed by atoms with van der Waals surface area (Å²) in [5, 5.41) is 10.5. The van der Waals surface area contributed by atoms with E-state index in [1.807, 2.05) is 26.0 Å². The molecule has 2 fully saturated rings. The number of hydrogen-bond acceptors (Lipinski definition) is 4. The lowest BCUT2D eigenvalue weighted by atomic mass is 9.55. The van der Waals surface area contributed by atoms with E-state index in [0.29, 0.717) is 23.5 Å². The summed E-state index contributed by atoms with van der Waals surface area (Å²) < 4.78 is 5.54. The topological polar surface area (TPSA) is 72.6 Å². The van der Waals surface area contributed by atoms with E-state index in [-0.39, 0.29) is 23.4 Å². The van der Waals surface area contributed by atoms with Crippen LogP contribution in [0.5, 0.6) is 5.75 Å². The lowest BCUT2D eigenvalue weighted by Gasteiger charge is -2.50. The lowest BCUT2D eigenvalue weighted by Crippen LogP contribution is -2.43. The van der Waals surface area contributed by atoms with E-state index in [2.05, 4.69) is 13.0 Å². The Balaban J connectivity index is 1.54. The molecule has 4 rings (SSSR count). The number of fused-ring (bicyclic) bond motifs is 5. The summed E-state index contributed by atoms with van der Waals surface area (Å²) in [6, 6.07) is 5.57. The number of nitrogens with two attached hydrogens (primary N) is 1. The molecule has 4 heteroatoms. The van der Waals surface area contributed by atoms with Gasteiger partial charge in [-0.05, 0) is 90.9 Å². The molecule has 3 aliphatic carbocycles. The maximum absolute atomic E-state index is 12.2. The first-order valence-corrected chi connectivity index (χ1v) is 10.6. The molecule has 0 heterocycles. The first-order valence-electron chi connectivity index (χ1n) is 10.6. The van der Waals surface area contributed by atoms with Crippen LogP contribution in [0.2, 0.25) is 0 Å². The van der Waals surface area contributed by atoms with Gasteiger partial charge >= 0.3 is 5.97 Å². The summed E-state index contributed by atoms with van der Waals surface area (Å²) in [4.78, 5) is 12.2. The Kier molecular flexibility index (Phi) is 4.84. The van der Waals surface area contributed by atoms with Crippen LogP contribution in [-0.4, -0.2) is 23.2 Å². The van der Waals surface area contributed by atoms with Crippen LogP contribution in [0.1, 0.15) is 69.9 Å². The second-order valence-electron chi connectivity index (χ2n) is 9.60. The van der Waals surface area contributed by atoms with Gasteiger partial charge in [0, 0.05) is 0 Å². The zero-order valence-electron chi connectivity index (χ0n) is 16.8. The van der Waals surface area contributed by atoms with Gasteiger partial charge in [-0.2, -0.15) is 0 Å². The van der Waals surface area contributed by atoms with Crippen LogP contribution in [0.25, 0.3) is 0 Å². The second-order valence-corrected chi connectivity index (χ2v) is 9.60. The van der Waals surface area contributed by atoms with Crippen molar-refractivity contribution in [1.29, 1.82) is 0 Å². The molecule has 0 aliphatic heterocycles. The first kappa shape index (κ1) is 18.9. The van der Waals surface area contributed by atoms with Crippen molar-refractivity contribution in [2.45, 2.75) is 77.4 Å². The average molecular weight is 372 g/mol. The van der Waals surface area contributed by atoms with Crippen LogP contribution in [0.15, 0.2) is 18.2 Å². The molecule has 1 aromatic carbocycles. The largest absolute Gasteiger partial charge is 0.425 e. The van der Waals surface area contributed by atoms with Gasteiger partial charge in [0.05, 0.1) is 6.10 Å². The van der Waals surface area contributed by atoms with Crippen molar-refractivity contribution < 1.29 is 14.6 Å². The number of carbonyl (C=O) groups is 1. The monoisotopic (exact) mass is 371 g/mol. The summed E-state index contributed by atoms with van der Waals surface area (Å²) in [7, 11) is 0. The highest BCUT2D eigenvalue weighted by Crippen LogP contribution is 2.60. The average Bonchev–Trinajstić information content (AvgIpc) is 2.95. The molecule has 6 atom stereocenters. The fraction of sp³-hybridized carbons (Fsp3) is 0.696. The molecule has 2 saturated carbocycles. The fourth-order valence-corrected chi connectivity index (χ4v) is 6.05. The van der Waals surface area contributed by atoms with Crippen molar-refractivity contribution in [3.05, 3.63) is 29.3 Å². The van der Waals surface area contributed by atoms with E-state index in [1.165, 1.54) is 17.5 Å². The van der Waals surface area contributed by atoms with Gasteiger partial charge in [-0.1, -0.05) is 26.8 Å². The van der Waals surface area contributed by atoms with Crippen LogP contribution in [-0.2, 0) is 11.2 Å². The summed E-state index contributed by atoms with van der Waals surface area (Å²) in [5.41, 5.74) is 8.78. The maximum atomic E-state index is 12.2. The molecule has 4 nitrogen and oxygen atoms in total. The second kappa shape index (κ2) is 6.89. The molecule has 148 valence electrons. The van der Waals surface area contributed by atoms with Gasteiger partial charge in [0.2, 0.25) is 0 Å². The fourth-order valence-electron chi connectivity index (χ4n) is 6.05. The maximum Gasteiger partial charge on any atom is 0.328 e. The summed E-state index contributed by atoms with van der Waals surface area (Å²) in [5.74, 6) is 2.23. The Morgan fingerprint density at radius 1 is 1.26 bits per heavy atom. The van der Waals surface area contributed by atoms with Crippen LogP contribution >= 0.6 is 0 Å². The van der Waals surface area contributed by atoms with Gasteiger partial charge < -0.3 is 15.6 Å². The molecular formula is C23H33NO3. The van der Waals surface area contributed by atoms with Crippen molar-refractivity contribution in [2.75, 3.05) is 0 Å². The summed E-state index contributed by atoms with van der Waals surface area (Å²) in [6.45, 7) is 6.16. The number of benzene rings is 1. The number of ether oxygens (including phenoxy) is 1. The molecule has 3 N–H and O–H groups in total. The molecule has 0 aromatic heterocycles. The zero-order chi connectivity index (χ0) is 19.3. The molecule has 0 spiro atoms. The number of hydrogen-bond donors (Lipinski definition) is 2. The minimum absolute atomic E-state index is 0.0641. The third-order valence-electron chi connectivity index (χ3n) is 7.86. The molecule has 0 bridgehead atoms. The predicted octanol–water partition coefficient (Wildman–Crippen LogP) is 3.79. The SMILES string of the molecule is CC(C)[C@@H](N)C(=O)Oc1ccc2c(c1)CC[C@@H]1[C@H]3CC[C@@H](O)[C@]3(C)CC[C@@H]21. The summed E-state index contributed by atoms with van der Waals surface area (Å²) in [6.07, 6.45) is 6.46. The van der Waals surface area contributed by atoms with E-state index >= 15 is 0 Å². The molecule has 3 aliphatic rings. The highest BCUT2D eigenvalue weighted by Gasteiger charge is 2.54. The smallest absolute Gasteiger partial charge is 0.328 e. The van der Waals surface area contributed by atoms with Crippen molar-refractivity contribution >= 4 is 5.97 Å². The van der Waals surface area contributed by atoms with Crippen molar-refractivity contribution in [3.63, 3.8) is 0 Å². The number of esters is 1. The summed E-state index contributed by atoms with van der Waals surface area (Å²) >= 11 is 0. The number of rotatable bonds is 3. The van der Waals surface area contributed by atoms with Crippen LogP contribution in [0.3, 0.4) is 0 Å². The molecule has 0 amide bonds. The number of carbonyl (C=O) groups excluding carboxylic acids is 1. The molecule has 27 heavy (non-hydrogen) atoms. The number of aliphatic hydroxyl groups is 1. The van der Waals surface area contributed by atoms with Crippen LogP contribution in [0, 0.1) is 23.2 Å². The molecule has 0 unspecified atom stereocenters. The number of aliphatic hydroxyl groups excluding tert-OH is 1. The van der Waals surface area contributed by atoms with Crippen molar-refractivity contribution in [1.82, 2.24) is 0 Å².